The predicted octanol–water partition coefficient (Wildman–Crippen LogP) is 5.56. The predicted molar refractivity (Wildman–Crippen MR) is 140 cm³/mol. The van der Waals surface area contributed by atoms with Gasteiger partial charge in [0.25, 0.3) is 0 Å². The number of hydrogen-bond donors (Lipinski definition) is 2. The van der Waals surface area contributed by atoms with Crippen molar-refractivity contribution in [2.75, 3.05) is 19.6 Å². The molecule has 182 valence electrons. The van der Waals surface area contributed by atoms with Crippen molar-refractivity contribution in [3.63, 3.8) is 0 Å². The normalized spacial score (nSPS) is 20.7. The van der Waals surface area contributed by atoms with E-state index in [2.05, 4.69) is 73.2 Å². The fraction of sp³-hybridized carbons (Fsp3) is 0.571. The first-order chi connectivity index (χ1) is 15.9. The van der Waals surface area contributed by atoms with E-state index in [1.807, 2.05) is 6.20 Å². The van der Waals surface area contributed by atoms with Crippen LogP contribution >= 0.6 is 0 Å². The van der Waals surface area contributed by atoms with Gasteiger partial charge in [0.15, 0.2) is 0 Å². The molecule has 1 unspecified atom stereocenters. The number of carbonyl (C=O) groups is 1. The van der Waals surface area contributed by atoms with Gasteiger partial charge in [-0.1, -0.05) is 52.0 Å². The van der Waals surface area contributed by atoms with Crippen molar-refractivity contribution in [1.82, 2.24) is 15.2 Å². The van der Waals surface area contributed by atoms with Crippen LogP contribution in [-0.2, 0) is 17.6 Å². The van der Waals surface area contributed by atoms with Crippen LogP contribution in [0, 0.1) is 5.92 Å². The Morgan fingerprint density at radius 1 is 1.27 bits per heavy atom. The van der Waals surface area contributed by atoms with Crippen LogP contribution in [0.15, 0.2) is 41.5 Å². The summed E-state index contributed by atoms with van der Waals surface area (Å²) in [6.45, 7) is 13.3. The van der Waals surface area contributed by atoms with Crippen molar-refractivity contribution in [3.8, 4) is 0 Å². The van der Waals surface area contributed by atoms with Crippen LogP contribution in [0.4, 0.5) is 0 Å². The molecule has 0 bridgehead atoms. The summed E-state index contributed by atoms with van der Waals surface area (Å²) in [5.41, 5.74) is 5.53. The number of aryl methyl sites for hydroxylation is 2. The maximum absolute atomic E-state index is 11.3. The van der Waals surface area contributed by atoms with Crippen LogP contribution in [0.5, 0.6) is 0 Å². The first-order valence-electron chi connectivity index (χ1n) is 12.7. The number of nitrogens with one attached hydrogen (secondary N) is 2. The van der Waals surface area contributed by atoms with Crippen LogP contribution in [-0.4, -0.2) is 47.3 Å². The standard InChI is InChI=1S/C17H26N4O.C11H16.H2/c1-12-5-6-16-15(7-8-18-16)17(19-10-12)21-9-3-4-14(11-21)20-13(2)22;1-4-10-7-5-6-8-11(10)9(2)3;/h7-8,12,14,18H,3-6,9-11H2,1-2H3,(H,20,22);5-9H,4H2,1-3H3;1H/t12?,14-;;/m1../s1. The first-order valence-corrected chi connectivity index (χ1v) is 12.7. The van der Waals surface area contributed by atoms with Gasteiger partial charge in [-0.2, -0.15) is 0 Å². The molecule has 33 heavy (non-hydrogen) atoms. The average molecular weight is 453 g/mol. The molecule has 2 N–H and O–H groups in total. The van der Waals surface area contributed by atoms with Gasteiger partial charge in [0.1, 0.15) is 5.84 Å². The van der Waals surface area contributed by atoms with E-state index >= 15 is 0 Å². The smallest absolute Gasteiger partial charge is 0.217 e. The van der Waals surface area contributed by atoms with E-state index in [1.165, 1.54) is 28.8 Å². The van der Waals surface area contributed by atoms with E-state index in [9.17, 15) is 4.79 Å². The number of nitrogens with zero attached hydrogens (tertiary/aromatic N) is 2. The lowest BCUT2D eigenvalue weighted by Crippen LogP contribution is -2.49. The van der Waals surface area contributed by atoms with E-state index in [-0.39, 0.29) is 13.4 Å². The Balaban J connectivity index is 0.000000289. The number of aliphatic imine (C=N–C) groups is 1. The minimum Gasteiger partial charge on any atom is -0.364 e. The summed E-state index contributed by atoms with van der Waals surface area (Å²) in [7, 11) is 0. The zero-order valence-electron chi connectivity index (χ0n) is 21.2. The Kier molecular flexibility index (Phi) is 9.16. The molecule has 5 heteroatoms. The number of aromatic amines is 1. The van der Waals surface area contributed by atoms with Gasteiger partial charge in [0.05, 0.1) is 0 Å². The number of amidine groups is 1. The van der Waals surface area contributed by atoms with Crippen LogP contribution in [0.1, 0.15) is 83.6 Å². The van der Waals surface area contributed by atoms with Crippen molar-refractivity contribution in [1.29, 1.82) is 0 Å². The number of fused-ring (bicyclic) bond motifs is 1. The molecule has 5 nitrogen and oxygen atoms in total. The Morgan fingerprint density at radius 3 is 2.76 bits per heavy atom. The molecule has 2 atom stereocenters. The molecule has 2 aliphatic heterocycles. The second kappa shape index (κ2) is 12.1. The highest BCUT2D eigenvalue weighted by Gasteiger charge is 2.26. The largest absolute Gasteiger partial charge is 0.364 e. The van der Waals surface area contributed by atoms with Crippen LogP contribution in [0.2, 0.25) is 0 Å². The fourth-order valence-corrected chi connectivity index (χ4v) is 4.89. The van der Waals surface area contributed by atoms with Gasteiger partial charge < -0.3 is 15.2 Å². The molecule has 0 saturated carbocycles. The maximum atomic E-state index is 11.3. The van der Waals surface area contributed by atoms with Crippen LogP contribution < -0.4 is 5.32 Å². The molecule has 0 spiro atoms. The molecule has 1 amide bonds. The molecule has 3 heterocycles. The first kappa shape index (κ1) is 25.1. The highest BCUT2D eigenvalue weighted by molar-refractivity contribution is 6.00. The van der Waals surface area contributed by atoms with E-state index < -0.39 is 0 Å². The number of carbonyl (C=O) groups excluding carboxylic acids is 1. The van der Waals surface area contributed by atoms with E-state index in [0.29, 0.717) is 11.8 Å². The van der Waals surface area contributed by atoms with Crippen molar-refractivity contribution in [2.24, 2.45) is 10.9 Å². The zero-order chi connectivity index (χ0) is 23.8. The van der Waals surface area contributed by atoms with E-state index in [0.717, 1.165) is 51.2 Å². The Hall–Kier alpha value is -2.56. The maximum Gasteiger partial charge on any atom is 0.217 e. The monoisotopic (exact) mass is 452 g/mol. The SMILES string of the molecule is CC(=O)N[C@@H]1CCCN(C2=NCC(C)CCc3[nH]ccc32)C1.CCc1ccccc1C(C)C.[HH]. The number of piperidine rings is 1. The van der Waals surface area contributed by atoms with Gasteiger partial charge in [-0.15, -0.1) is 0 Å². The third-order valence-electron chi connectivity index (χ3n) is 6.70. The van der Waals surface area contributed by atoms with Gasteiger partial charge in [-0.25, -0.2) is 0 Å². The third-order valence-corrected chi connectivity index (χ3v) is 6.70. The lowest BCUT2D eigenvalue weighted by Gasteiger charge is -2.36. The Labute approximate surface area is 201 Å². The average Bonchev–Trinajstić information content (AvgIpc) is 3.24. The highest BCUT2D eigenvalue weighted by atomic mass is 16.1. The van der Waals surface area contributed by atoms with Gasteiger partial charge in [-0.05, 0) is 61.1 Å². The summed E-state index contributed by atoms with van der Waals surface area (Å²) in [5.74, 6) is 2.44. The molecule has 2 aliphatic rings. The molecule has 0 aliphatic carbocycles. The summed E-state index contributed by atoms with van der Waals surface area (Å²) in [6.07, 6.45) is 7.59. The molecule has 4 rings (SSSR count). The topological polar surface area (TPSA) is 60.5 Å². The van der Waals surface area contributed by atoms with Gasteiger partial charge in [0.2, 0.25) is 5.91 Å². The Morgan fingerprint density at radius 2 is 2.06 bits per heavy atom. The number of hydrogen-bond acceptors (Lipinski definition) is 3. The zero-order valence-corrected chi connectivity index (χ0v) is 21.2. The quantitative estimate of drug-likeness (QED) is 0.640. The highest BCUT2D eigenvalue weighted by Crippen LogP contribution is 2.22. The van der Waals surface area contributed by atoms with E-state index in [1.54, 1.807) is 6.92 Å². The second-order valence-electron chi connectivity index (χ2n) is 9.87. The minimum absolute atomic E-state index is 0. The van der Waals surface area contributed by atoms with Crippen molar-refractivity contribution in [3.05, 3.63) is 58.9 Å². The summed E-state index contributed by atoms with van der Waals surface area (Å²) < 4.78 is 0. The van der Waals surface area contributed by atoms with Crippen LogP contribution in [0.25, 0.3) is 0 Å². The number of likely N-dealkylation sites (tertiary alicyclic amines) is 1. The minimum atomic E-state index is 0. The molecule has 2 aromatic rings. The fourth-order valence-electron chi connectivity index (χ4n) is 4.89. The molecule has 1 fully saturated rings. The molecule has 1 saturated heterocycles. The van der Waals surface area contributed by atoms with Crippen molar-refractivity contribution in [2.45, 2.75) is 78.7 Å². The summed E-state index contributed by atoms with van der Waals surface area (Å²) >= 11 is 0. The van der Waals surface area contributed by atoms with E-state index in [4.69, 9.17) is 4.99 Å². The molecule has 1 aromatic heterocycles. The number of aromatic nitrogens is 1. The summed E-state index contributed by atoms with van der Waals surface area (Å²) in [5, 5.41) is 3.06. The summed E-state index contributed by atoms with van der Waals surface area (Å²) in [4.78, 5) is 22.0. The molecule has 1 aromatic carbocycles. The second-order valence-corrected chi connectivity index (χ2v) is 9.87. The van der Waals surface area contributed by atoms with Gasteiger partial charge in [-0.3, -0.25) is 9.79 Å². The lowest BCUT2D eigenvalue weighted by molar-refractivity contribution is -0.119. The molecule has 0 radical (unpaired) electrons. The van der Waals surface area contributed by atoms with Gasteiger partial charge >= 0.3 is 0 Å². The van der Waals surface area contributed by atoms with Crippen molar-refractivity contribution >= 4 is 11.7 Å². The number of amides is 1. The molecular weight excluding hydrogens is 408 g/mol. The summed E-state index contributed by atoms with van der Waals surface area (Å²) in [6, 6.07) is 11.1. The Bertz CT molecular complexity index is 936. The molecular formula is C28H44N4O. The number of H-pyrrole nitrogens is 1. The number of benzene rings is 1. The van der Waals surface area contributed by atoms with Crippen LogP contribution in [0.3, 0.4) is 0 Å². The third kappa shape index (κ3) is 6.96. The van der Waals surface area contributed by atoms with Crippen molar-refractivity contribution < 1.29 is 6.22 Å². The lowest BCUT2D eigenvalue weighted by atomic mass is 9.96. The van der Waals surface area contributed by atoms with Gasteiger partial charge in [0, 0.05) is 51.5 Å². The number of rotatable bonds is 3.